The molecule has 0 aliphatic carbocycles. The lowest BCUT2D eigenvalue weighted by atomic mass is 9.76. The maximum Gasteiger partial charge on any atom is 0.307 e. The molecular weight excluding hydrogens is 288 g/mol. The zero-order valence-corrected chi connectivity index (χ0v) is 13.0. The average molecular weight is 308 g/mol. The molecule has 4 nitrogen and oxygen atoms in total. The molecule has 23 heavy (non-hydrogen) atoms. The molecule has 118 valence electrons. The van der Waals surface area contributed by atoms with Gasteiger partial charge in [-0.05, 0) is 43.0 Å². The van der Waals surface area contributed by atoms with Crippen molar-refractivity contribution in [2.24, 2.45) is 5.92 Å². The van der Waals surface area contributed by atoms with Gasteiger partial charge >= 0.3 is 5.97 Å². The maximum atomic E-state index is 11.4. The summed E-state index contributed by atoms with van der Waals surface area (Å²) in [6.07, 6.45) is 5.69. The second-order valence-corrected chi connectivity index (χ2v) is 7.01. The van der Waals surface area contributed by atoms with Gasteiger partial charge in [-0.2, -0.15) is 0 Å². The molecule has 5 rings (SSSR count). The van der Waals surface area contributed by atoms with E-state index in [2.05, 4.69) is 39.9 Å². The van der Waals surface area contributed by atoms with Crippen LogP contribution in [0, 0.1) is 5.92 Å². The van der Waals surface area contributed by atoms with Crippen molar-refractivity contribution in [3.05, 3.63) is 41.1 Å². The standard InChI is InChI=1S/C19H20N2O2/c22-17(23)10-12-11-21-16-6-2-1-4-14(16)15-7-9-20-8-3-5-13(12)18(20)19(15)21/h1-2,4,6,11,13,18H,3,5,7-10H2,(H,22,23)/t13-,18-/m1/s1. The number of nitrogens with zero attached hydrogens (tertiary/aromatic N) is 2. The maximum absolute atomic E-state index is 11.4. The predicted molar refractivity (Wildman–Crippen MR) is 89.2 cm³/mol. The molecule has 3 aliphatic heterocycles. The molecular formula is C19H20N2O2. The molecule has 0 radical (unpaired) electrons. The molecule has 0 saturated carbocycles. The fourth-order valence-corrected chi connectivity index (χ4v) is 5.01. The average Bonchev–Trinajstić information content (AvgIpc) is 2.88. The van der Waals surface area contributed by atoms with Crippen LogP contribution >= 0.6 is 0 Å². The number of para-hydroxylation sites is 1. The van der Waals surface area contributed by atoms with E-state index in [1.807, 2.05) is 0 Å². The molecule has 2 aromatic rings. The number of benzene rings is 1. The molecule has 1 fully saturated rings. The molecule has 0 spiro atoms. The van der Waals surface area contributed by atoms with Crippen molar-refractivity contribution < 1.29 is 9.90 Å². The Balaban J connectivity index is 1.80. The van der Waals surface area contributed by atoms with Gasteiger partial charge in [0, 0.05) is 29.7 Å². The predicted octanol–water partition coefficient (Wildman–Crippen LogP) is 3.28. The van der Waals surface area contributed by atoms with Gasteiger partial charge in [-0.3, -0.25) is 9.69 Å². The van der Waals surface area contributed by atoms with Crippen LogP contribution in [0.15, 0.2) is 29.8 Å². The monoisotopic (exact) mass is 308 g/mol. The highest BCUT2D eigenvalue weighted by Crippen LogP contribution is 2.50. The second kappa shape index (κ2) is 4.71. The largest absolute Gasteiger partial charge is 0.481 e. The first-order valence-corrected chi connectivity index (χ1v) is 8.52. The van der Waals surface area contributed by atoms with Crippen molar-refractivity contribution in [1.29, 1.82) is 0 Å². The number of carbonyl (C=O) groups is 1. The minimum absolute atomic E-state index is 0.163. The Bertz CT molecular complexity index is 848. The van der Waals surface area contributed by atoms with E-state index in [1.165, 1.54) is 28.6 Å². The first-order valence-electron chi connectivity index (χ1n) is 8.52. The highest BCUT2D eigenvalue weighted by molar-refractivity contribution is 5.89. The lowest BCUT2D eigenvalue weighted by Gasteiger charge is -2.47. The van der Waals surface area contributed by atoms with Crippen LogP contribution in [0.3, 0.4) is 0 Å². The van der Waals surface area contributed by atoms with Crippen LogP contribution < -0.4 is 0 Å². The number of aliphatic carboxylic acids is 1. The second-order valence-electron chi connectivity index (χ2n) is 7.01. The molecule has 0 unspecified atom stereocenters. The van der Waals surface area contributed by atoms with Crippen molar-refractivity contribution in [2.75, 3.05) is 13.1 Å². The Hall–Kier alpha value is -2.07. The third-order valence-corrected chi connectivity index (χ3v) is 5.85. The summed E-state index contributed by atoms with van der Waals surface area (Å²) in [6.45, 7) is 2.24. The third-order valence-electron chi connectivity index (χ3n) is 5.85. The van der Waals surface area contributed by atoms with Gasteiger partial charge in [0.1, 0.15) is 0 Å². The first-order chi connectivity index (χ1) is 11.2. The van der Waals surface area contributed by atoms with Crippen molar-refractivity contribution in [2.45, 2.75) is 31.7 Å². The summed E-state index contributed by atoms with van der Waals surface area (Å²) in [4.78, 5) is 13.9. The van der Waals surface area contributed by atoms with Gasteiger partial charge in [-0.1, -0.05) is 18.2 Å². The van der Waals surface area contributed by atoms with E-state index in [9.17, 15) is 9.90 Å². The SMILES string of the molecule is O=C(O)CC1=Cn2c3c(c4ccccc42)CCN2CCC[C@H]1[C@H]32. The Morgan fingerprint density at radius 2 is 2.13 bits per heavy atom. The lowest BCUT2D eigenvalue weighted by molar-refractivity contribution is -0.136. The number of hydrogen-bond donors (Lipinski definition) is 1. The Morgan fingerprint density at radius 1 is 1.26 bits per heavy atom. The molecule has 0 amide bonds. The number of rotatable bonds is 2. The van der Waals surface area contributed by atoms with E-state index in [0.717, 1.165) is 31.5 Å². The van der Waals surface area contributed by atoms with E-state index >= 15 is 0 Å². The van der Waals surface area contributed by atoms with Crippen molar-refractivity contribution in [3.8, 4) is 0 Å². The fraction of sp³-hybridized carbons (Fsp3) is 0.421. The van der Waals surface area contributed by atoms with Crippen LogP contribution in [0.5, 0.6) is 0 Å². The Kier molecular flexibility index (Phi) is 2.74. The van der Waals surface area contributed by atoms with Crippen LogP contribution in [0.2, 0.25) is 0 Å². The topological polar surface area (TPSA) is 45.5 Å². The summed E-state index contributed by atoms with van der Waals surface area (Å²) in [5.41, 5.74) is 5.23. The van der Waals surface area contributed by atoms with E-state index in [1.54, 1.807) is 0 Å². The molecule has 4 heteroatoms. The molecule has 1 saturated heterocycles. The van der Waals surface area contributed by atoms with Gasteiger partial charge in [0.2, 0.25) is 0 Å². The van der Waals surface area contributed by atoms with Crippen LogP contribution in [0.25, 0.3) is 17.1 Å². The lowest BCUT2D eigenvalue weighted by Crippen LogP contribution is -2.45. The number of piperidine rings is 1. The van der Waals surface area contributed by atoms with Crippen LogP contribution in [-0.4, -0.2) is 33.6 Å². The van der Waals surface area contributed by atoms with Crippen molar-refractivity contribution in [1.82, 2.24) is 9.47 Å². The normalized spacial score (nSPS) is 26.0. The third kappa shape index (κ3) is 1.78. The van der Waals surface area contributed by atoms with Crippen LogP contribution in [0.1, 0.15) is 36.6 Å². The van der Waals surface area contributed by atoms with Crippen molar-refractivity contribution >= 4 is 23.1 Å². The first kappa shape index (κ1) is 13.4. The van der Waals surface area contributed by atoms with Gasteiger partial charge in [0.15, 0.2) is 0 Å². The zero-order valence-electron chi connectivity index (χ0n) is 13.0. The molecule has 1 N–H and O–H groups in total. The van der Waals surface area contributed by atoms with Gasteiger partial charge < -0.3 is 9.67 Å². The smallest absolute Gasteiger partial charge is 0.307 e. The minimum atomic E-state index is -0.718. The summed E-state index contributed by atoms with van der Waals surface area (Å²) < 4.78 is 2.29. The number of aromatic nitrogens is 1. The summed E-state index contributed by atoms with van der Waals surface area (Å²) in [7, 11) is 0. The molecule has 4 heterocycles. The van der Waals surface area contributed by atoms with E-state index in [0.29, 0.717) is 12.0 Å². The zero-order chi connectivity index (χ0) is 15.6. The number of hydrogen-bond acceptors (Lipinski definition) is 2. The van der Waals surface area contributed by atoms with E-state index in [4.69, 9.17) is 0 Å². The highest BCUT2D eigenvalue weighted by atomic mass is 16.4. The van der Waals surface area contributed by atoms with Gasteiger partial charge in [0.05, 0.1) is 18.0 Å². The summed E-state index contributed by atoms with van der Waals surface area (Å²) in [5, 5.41) is 10.7. The molecule has 1 aromatic carbocycles. The molecule has 1 aromatic heterocycles. The van der Waals surface area contributed by atoms with Crippen LogP contribution in [0.4, 0.5) is 0 Å². The molecule has 2 atom stereocenters. The van der Waals surface area contributed by atoms with E-state index in [-0.39, 0.29) is 6.42 Å². The van der Waals surface area contributed by atoms with Gasteiger partial charge in [-0.15, -0.1) is 0 Å². The fourth-order valence-electron chi connectivity index (χ4n) is 5.01. The summed E-state index contributed by atoms with van der Waals surface area (Å²) in [5.74, 6) is -0.347. The quantitative estimate of drug-likeness (QED) is 0.926. The van der Waals surface area contributed by atoms with Crippen LogP contribution in [-0.2, 0) is 11.2 Å². The summed E-state index contributed by atoms with van der Waals surface area (Å²) in [6, 6.07) is 8.94. The van der Waals surface area contributed by atoms with E-state index < -0.39 is 5.97 Å². The molecule has 0 bridgehead atoms. The highest BCUT2D eigenvalue weighted by Gasteiger charge is 2.43. The number of carboxylic acids is 1. The minimum Gasteiger partial charge on any atom is -0.481 e. The number of carboxylic acid groups (broad SMARTS) is 1. The van der Waals surface area contributed by atoms with Gasteiger partial charge in [0.25, 0.3) is 0 Å². The molecule has 3 aliphatic rings. The summed E-state index contributed by atoms with van der Waals surface area (Å²) >= 11 is 0. The Labute approximate surface area is 135 Å². The van der Waals surface area contributed by atoms with Crippen molar-refractivity contribution in [3.63, 3.8) is 0 Å². The number of fused-ring (bicyclic) bond motifs is 3. The Morgan fingerprint density at radius 3 is 3.00 bits per heavy atom. The van der Waals surface area contributed by atoms with Gasteiger partial charge in [-0.25, -0.2) is 0 Å².